The van der Waals surface area contributed by atoms with Gasteiger partial charge in [-0.2, -0.15) is 5.10 Å². The van der Waals surface area contributed by atoms with Crippen molar-refractivity contribution in [3.8, 4) is 0 Å². The topological polar surface area (TPSA) is 52.0 Å². The molecule has 0 radical (unpaired) electrons. The van der Waals surface area contributed by atoms with Crippen LogP contribution in [-0.4, -0.2) is 18.2 Å². The van der Waals surface area contributed by atoms with Crippen LogP contribution >= 0.6 is 10.7 Å². The minimum absolute atomic E-state index is 0.250. The predicted octanol–water partition coefficient (Wildman–Crippen LogP) is 3.93. The van der Waals surface area contributed by atoms with E-state index in [4.69, 9.17) is 10.7 Å². The lowest BCUT2D eigenvalue weighted by atomic mass is 9.80. The summed E-state index contributed by atoms with van der Waals surface area (Å²) in [6.07, 6.45) is 4.57. The Morgan fingerprint density at radius 1 is 1.14 bits per heavy atom. The summed E-state index contributed by atoms with van der Waals surface area (Å²) >= 11 is 0. The Morgan fingerprint density at radius 2 is 1.71 bits per heavy atom. The Bertz CT molecular complexity index is 599. The molecule has 1 aromatic rings. The van der Waals surface area contributed by atoms with Gasteiger partial charge in [0.1, 0.15) is 4.90 Å². The molecule has 2 atom stereocenters. The molecule has 0 amide bonds. The average Bonchev–Trinajstić information content (AvgIpc) is 2.75. The third-order valence-corrected chi connectivity index (χ3v) is 5.86. The van der Waals surface area contributed by atoms with Crippen molar-refractivity contribution < 1.29 is 8.42 Å². The first-order valence-corrected chi connectivity index (χ1v) is 10.1. The molecule has 1 aliphatic rings. The number of nitrogens with zero attached hydrogens (tertiary/aromatic N) is 2. The van der Waals surface area contributed by atoms with Gasteiger partial charge >= 0.3 is 0 Å². The van der Waals surface area contributed by atoms with E-state index in [1.54, 1.807) is 0 Å². The Balaban J connectivity index is 2.52. The second-order valence-corrected chi connectivity index (χ2v) is 8.89. The quantitative estimate of drug-likeness (QED) is 0.785. The molecule has 6 heteroatoms. The van der Waals surface area contributed by atoms with E-state index in [1.807, 2.05) is 18.5 Å². The summed E-state index contributed by atoms with van der Waals surface area (Å²) in [7, 11) is 1.91. The van der Waals surface area contributed by atoms with Crippen molar-refractivity contribution in [3.63, 3.8) is 0 Å². The summed E-state index contributed by atoms with van der Waals surface area (Å²) in [6.45, 7) is 8.41. The zero-order chi connectivity index (χ0) is 15.8. The van der Waals surface area contributed by atoms with Gasteiger partial charge in [0.2, 0.25) is 0 Å². The first-order chi connectivity index (χ1) is 9.77. The van der Waals surface area contributed by atoms with Crippen molar-refractivity contribution in [1.29, 1.82) is 0 Å². The molecule has 1 fully saturated rings. The molecule has 0 bridgehead atoms. The first kappa shape index (κ1) is 16.8. The first-order valence-electron chi connectivity index (χ1n) is 7.82. The molecule has 2 unspecified atom stereocenters. The van der Waals surface area contributed by atoms with Crippen LogP contribution in [0.5, 0.6) is 0 Å². The average molecular weight is 333 g/mol. The predicted molar refractivity (Wildman–Crippen MR) is 85.2 cm³/mol. The molecule has 120 valence electrons. The van der Waals surface area contributed by atoms with Crippen molar-refractivity contribution in [3.05, 3.63) is 11.4 Å². The van der Waals surface area contributed by atoms with Crippen LogP contribution in [0.3, 0.4) is 0 Å². The Hall–Kier alpha value is -0.550. The minimum atomic E-state index is -3.74. The fraction of sp³-hybridized carbons (Fsp3) is 0.800. The van der Waals surface area contributed by atoms with Crippen LogP contribution in [0, 0.1) is 11.8 Å². The number of hydrogen-bond acceptors (Lipinski definition) is 3. The molecule has 0 spiro atoms. The lowest BCUT2D eigenvalue weighted by Crippen LogP contribution is -2.24. The normalized spacial score (nSPS) is 27.0. The zero-order valence-electron chi connectivity index (χ0n) is 13.3. The standard InChI is InChI=1S/C15H25ClN2O2S/c1-5-13-15(21(16,19)20)14(6-2)18(17-13)12-8-10(3)7-11(4)9-12/h10-12H,5-9H2,1-4H3. The van der Waals surface area contributed by atoms with Crippen molar-refractivity contribution in [2.45, 2.75) is 70.7 Å². The van der Waals surface area contributed by atoms with Crippen molar-refractivity contribution in [2.24, 2.45) is 11.8 Å². The second-order valence-electron chi connectivity index (χ2n) is 6.38. The number of aromatic nitrogens is 2. The van der Waals surface area contributed by atoms with E-state index in [9.17, 15) is 8.42 Å². The van der Waals surface area contributed by atoms with E-state index < -0.39 is 9.05 Å². The second kappa shape index (κ2) is 6.29. The van der Waals surface area contributed by atoms with Crippen LogP contribution in [-0.2, 0) is 21.9 Å². The van der Waals surface area contributed by atoms with Gasteiger partial charge in [0.05, 0.1) is 17.4 Å². The molecule has 0 aliphatic heterocycles. The molecular formula is C15H25ClN2O2S. The molecule has 21 heavy (non-hydrogen) atoms. The summed E-state index contributed by atoms with van der Waals surface area (Å²) in [5, 5.41) is 4.61. The molecule has 1 saturated carbocycles. The van der Waals surface area contributed by atoms with Gasteiger partial charge in [-0.15, -0.1) is 0 Å². The highest BCUT2D eigenvalue weighted by molar-refractivity contribution is 8.13. The van der Waals surface area contributed by atoms with E-state index in [0.717, 1.165) is 18.5 Å². The van der Waals surface area contributed by atoms with Gasteiger partial charge in [-0.25, -0.2) is 8.42 Å². The third-order valence-electron chi connectivity index (χ3n) is 4.44. The van der Waals surface area contributed by atoms with Gasteiger partial charge in [-0.05, 0) is 43.9 Å². The molecule has 4 nitrogen and oxygen atoms in total. The maximum Gasteiger partial charge on any atom is 0.264 e. The summed E-state index contributed by atoms with van der Waals surface area (Å²) in [4.78, 5) is 0.250. The van der Waals surface area contributed by atoms with E-state index in [2.05, 4.69) is 18.9 Å². The molecular weight excluding hydrogens is 308 g/mol. The molecule has 0 saturated heterocycles. The van der Waals surface area contributed by atoms with Gasteiger partial charge in [-0.3, -0.25) is 4.68 Å². The van der Waals surface area contributed by atoms with Crippen LogP contribution in [0.15, 0.2) is 4.90 Å². The van der Waals surface area contributed by atoms with Crippen molar-refractivity contribution in [2.75, 3.05) is 0 Å². The van der Waals surface area contributed by atoms with E-state index in [0.29, 0.717) is 30.4 Å². The van der Waals surface area contributed by atoms with E-state index >= 15 is 0 Å². The monoisotopic (exact) mass is 332 g/mol. The lowest BCUT2D eigenvalue weighted by molar-refractivity contribution is 0.206. The van der Waals surface area contributed by atoms with Crippen LogP contribution in [0.25, 0.3) is 0 Å². The van der Waals surface area contributed by atoms with Crippen molar-refractivity contribution in [1.82, 2.24) is 9.78 Å². The van der Waals surface area contributed by atoms with Crippen LogP contribution in [0.1, 0.15) is 64.4 Å². The summed E-state index contributed by atoms with van der Waals surface area (Å²) < 4.78 is 25.8. The highest BCUT2D eigenvalue weighted by atomic mass is 35.7. The molecule has 0 N–H and O–H groups in total. The minimum Gasteiger partial charge on any atom is -0.265 e. The maximum atomic E-state index is 11.9. The molecule has 2 rings (SSSR count). The highest BCUT2D eigenvalue weighted by Crippen LogP contribution is 2.38. The lowest BCUT2D eigenvalue weighted by Gasteiger charge is -2.32. The molecule has 1 heterocycles. The maximum absolute atomic E-state index is 11.9. The number of hydrogen-bond donors (Lipinski definition) is 0. The Morgan fingerprint density at radius 3 is 2.14 bits per heavy atom. The smallest absolute Gasteiger partial charge is 0.264 e. The van der Waals surface area contributed by atoms with E-state index in [-0.39, 0.29) is 10.9 Å². The largest absolute Gasteiger partial charge is 0.265 e. The van der Waals surface area contributed by atoms with Gasteiger partial charge in [0, 0.05) is 10.7 Å². The molecule has 0 aromatic carbocycles. The van der Waals surface area contributed by atoms with Gasteiger partial charge < -0.3 is 0 Å². The Labute approximate surface area is 132 Å². The highest BCUT2D eigenvalue weighted by Gasteiger charge is 2.31. The number of rotatable bonds is 4. The molecule has 1 aromatic heterocycles. The summed E-state index contributed by atoms with van der Waals surface area (Å²) in [5.41, 5.74) is 1.38. The van der Waals surface area contributed by atoms with Crippen LogP contribution in [0.2, 0.25) is 0 Å². The zero-order valence-corrected chi connectivity index (χ0v) is 14.8. The van der Waals surface area contributed by atoms with Gasteiger partial charge in [0.15, 0.2) is 0 Å². The van der Waals surface area contributed by atoms with Crippen LogP contribution in [0.4, 0.5) is 0 Å². The fourth-order valence-electron chi connectivity index (χ4n) is 3.75. The molecule has 1 aliphatic carbocycles. The van der Waals surface area contributed by atoms with E-state index in [1.165, 1.54) is 6.42 Å². The van der Waals surface area contributed by atoms with Crippen molar-refractivity contribution >= 4 is 19.7 Å². The van der Waals surface area contributed by atoms with Crippen LogP contribution < -0.4 is 0 Å². The van der Waals surface area contributed by atoms with Gasteiger partial charge in [0.25, 0.3) is 9.05 Å². The summed E-state index contributed by atoms with van der Waals surface area (Å²) in [5.74, 6) is 1.29. The summed E-state index contributed by atoms with van der Waals surface area (Å²) in [6, 6.07) is 0.288. The fourth-order valence-corrected chi connectivity index (χ4v) is 5.27. The Kier molecular flexibility index (Phi) is 5.03. The number of aryl methyl sites for hydroxylation is 1. The third kappa shape index (κ3) is 3.45. The van der Waals surface area contributed by atoms with Gasteiger partial charge in [-0.1, -0.05) is 27.7 Å². The number of halogens is 1. The SMILES string of the molecule is CCc1nn(C2CC(C)CC(C)C2)c(CC)c1S(=O)(=O)Cl.